The monoisotopic (exact) mass is 227 g/mol. The molecule has 2 rings (SSSR count). The standard InChI is InChI=1S/C15H17NO/c1-11-8-14(16)15(9-12(11)2)17-10-13-6-4-3-5-7-13/h3-9H,10,16H2,1-2H3. The van der Waals surface area contributed by atoms with Gasteiger partial charge in [-0.1, -0.05) is 30.3 Å². The van der Waals surface area contributed by atoms with Gasteiger partial charge in [0.2, 0.25) is 0 Å². The van der Waals surface area contributed by atoms with Gasteiger partial charge in [-0.15, -0.1) is 0 Å². The van der Waals surface area contributed by atoms with E-state index in [9.17, 15) is 0 Å². The third kappa shape index (κ3) is 2.78. The third-order valence-electron chi connectivity index (χ3n) is 2.86. The highest BCUT2D eigenvalue weighted by atomic mass is 16.5. The van der Waals surface area contributed by atoms with Crippen molar-refractivity contribution >= 4 is 5.69 Å². The first kappa shape index (κ1) is 11.5. The summed E-state index contributed by atoms with van der Waals surface area (Å²) in [5.41, 5.74) is 10.2. The fraction of sp³-hybridized carbons (Fsp3) is 0.200. The molecule has 2 aromatic carbocycles. The Morgan fingerprint density at radius 2 is 1.65 bits per heavy atom. The summed E-state index contributed by atoms with van der Waals surface area (Å²) in [5, 5.41) is 0. The summed E-state index contributed by atoms with van der Waals surface area (Å²) < 4.78 is 5.73. The molecule has 0 spiro atoms. The van der Waals surface area contributed by atoms with Crippen molar-refractivity contribution in [2.75, 3.05) is 5.73 Å². The SMILES string of the molecule is Cc1cc(N)c(OCc2ccccc2)cc1C. The van der Waals surface area contributed by atoms with Crippen LogP contribution in [0.3, 0.4) is 0 Å². The Hall–Kier alpha value is -1.96. The highest BCUT2D eigenvalue weighted by Gasteiger charge is 2.03. The highest BCUT2D eigenvalue weighted by Crippen LogP contribution is 2.26. The van der Waals surface area contributed by atoms with Crippen LogP contribution < -0.4 is 10.5 Å². The van der Waals surface area contributed by atoms with Gasteiger partial charge in [0.25, 0.3) is 0 Å². The molecule has 0 radical (unpaired) electrons. The molecule has 0 bridgehead atoms. The molecule has 0 atom stereocenters. The first-order valence-corrected chi connectivity index (χ1v) is 5.70. The number of aryl methyl sites for hydroxylation is 2. The molecule has 0 aliphatic carbocycles. The maximum Gasteiger partial charge on any atom is 0.142 e. The van der Waals surface area contributed by atoms with Crippen LogP contribution in [0.2, 0.25) is 0 Å². The van der Waals surface area contributed by atoms with E-state index >= 15 is 0 Å². The van der Waals surface area contributed by atoms with Crippen LogP contribution in [0.15, 0.2) is 42.5 Å². The van der Waals surface area contributed by atoms with Gasteiger partial charge in [-0.3, -0.25) is 0 Å². The first-order valence-electron chi connectivity index (χ1n) is 5.70. The fourth-order valence-corrected chi connectivity index (χ4v) is 1.67. The predicted octanol–water partition coefficient (Wildman–Crippen LogP) is 3.46. The number of ether oxygens (including phenoxy) is 1. The average molecular weight is 227 g/mol. The van der Waals surface area contributed by atoms with Gasteiger partial charge in [0.05, 0.1) is 5.69 Å². The van der Waals surface area contributed by atoms with Crippen molar-refractivity contribution in [1.29, 1.82) is 0 Å². The fourth-order valence-electron chi connectivity index (χ4n) is 1.67. The molecular weight excluding hydrogens is 210 g/mol. The summed E-state index contributed by atoms with van der Waals surface area (Å²) in [7, 11) is 0. The van der Waals surface area contributed by atoms with Crippen LogP contribution in [0.5, 0.6) is 5.75 Å². The lowest BCUT2D eigenvalue weighted by Gasteiger charge is -2.11. The summed E-state index contributed by atoms with van der Waals surface area (Å²) in [6, 6.07) is 14.0. The predicted molar refractivity (Wildman–Crippen MR) is 71.1 cm³/mol. The van der Waals surface area contributed by atoms with E-state index in [0.717, 1.165) is 11.3 Å². The van der Waals surface area contributed by atoms with Crippen molar-refractivity contribution in [3.05, 3.63) is 59.2 Å². The van der Waals surface area contributed by atoms with E-state index in [1.807, 2.05) is 49.4 Å². The zero-order chi connectivity index (χ0) is 12.3. The summed E-state index contributed by atoms with van der Waals surface area (Å²) >= 11 is 0. The minimum Gasteiger partial charge on any atom is -0.487 e. The van der Waals surface area contributed by atoms with Crippen LogP contribution in [0.4, 0.5) is 5.69 Å². The zero-order valence-electron chi connectivity index (χ0n) is 10.2. The van der Waals surface area contributed by atoms with Gasteiger partial charge in [-0.2, -0.15) is 0 Å². The number of hydrogen-bond acceptors (Lipinski definition) is 2. The summed E-state index contributed by atoms with van der Waals surface area (Å²) in [6.07, 6.45) is 0. The molecule has 88 valence electrons. The smallest absolute Gasteiger partial charge is 0.142 e. The second-order valence-electron chi connectivity index (χ2n) is 4.25. The molecule has 0 saturated heterocycles. The molecule has 0 aliphatic rings. The molecule has 2 N–H and O–H groups in total. The van der Waals surface area contributed by atoms with E-state index in [1.54, 1.807) is 0 Å². The van der Waals surface area contributed by atoms with Gasteiger partial charge >= 0.3 is 0 Å². The van der Waals surface area contributed by atoms with Gasteiger partial charge in [0.15, 0.2) is 0 Å². The van der Waals surface area contributed by atoms with Crippen LogP contribution in [0, 0.1) is 13.8 Å². The molecule has 17 heavy (non-hydrogen) atoms. The number of anilines is 1. The van der Waals surface area contributed by atoms with E-state index in [2.05, 4.69) is 6.92 Å². The number of hydrogen-bond donors (Lipinski definition) is 1. The molecule has 0 aliphatic heterocycles. The van der Waals surface area contributed by atoms with E-state index in [0.29, 0.717) is 12.3 Å². The van der Waals surface area contributed by atoms with E-state index in [1.165, 1.54) is 11.1 Å². The minimum absolute atomic E-state index is 0.549. The van der Waals surface area contributed by atoms with E-state index in [-0.39, 0.29) is 0 Å². The Morgan fingerprint density at radius 3 is 2.35 bits per heavy atom. The van der Waals surface area contributed by atoms with Crippen molar-refractivity contribution < 1.29 is 4.74 Å². The van der Waals surface area contributed by atoms with Crippen molar-refractivity contribution in [3.63, 3.8) is 0 Å². The molecule has 0 aromatic heterocycles. The van der Waals surface area contributed by atoms with Crippen LogP contribution in [-0.4, -0.2) is 0 Å². The Morgan fingerprint density at radius 1 is 1.00 bits per heavy atom. The second-order valence-corrected chi connectivity index (χ2v) is 4.25. The quantitative estimate of drug-likeness (QED) is 0.815. The van der Waals surface area contributed by atoms with Crippen molar-refractivity contribution in [2.45, 2.75) is 20.5 Å². The Bertz CT molecular complexity index is 506. The Labute approximate surface area is 102 Å². The van der Waals surface area contributed by atoms with E-state index < -0.39 is 0 Å². The summed E-state index contributed by atoms with van der Waals surface area (Å²) in [4.78, 5) is 0. The third-order valence-corrected chi connectivity index (χ3v) is 2.86. The van der Waals surface area contributed by atoms with Crippen molar-refractivity contribution in [1.82, 2.24) is 0 Å². The van der Waals surface area contributed by atoms with Crippen LogP contribution in [0.1, 0.15) is 16.7 Å². The topological polar surface area (TPSA) is 35.2 Å². The van der Waals surface area contributed by atoms with Gasteiger partial charge in [0, 0.05) is 0 Å². The second kappa shape index (κ2) is 4.91. The number of benzene rings is 2. The Kier molecular flexibility index (Phi) is 3.33. The zero-order valence-corrected chi connectivity index (χ0v) is 10.2. The lowest BCUT2D eigenvalue weighted by atomic mass is 10.1. The van der Waals surface area contributed by atoms with Gasteiger partial charge < -0.3 is 10.5 Å². The number of nitrogens with two attached hydrogens (primary N) is 1. The van der Waals surface area contributed by atoms with Crippen LogP contribution in [-0.2, 0) is 6.61 Å². The van der Waals surface area contributed by atoms with Crippen LogP contribution >= 0.6 is 0 Å². The highest BCUT2D eigenvalue weighted by molar-refractivity contribution is 5.56. The molecule has 2 nitrogen and oxygen atoms in total. The average Bonchev–Trinajstić information content (AvgIpc) is 2.33. The summed E-state index contributed by atoms with van der Waals surface area (Å²) in [6.45, 7) is 4.66. The number of rotatable bonds is 3. The molecule has 2 heteroatoms. The molecular formula is C15H17NO. The van der Waals surface area contributed by atoms with Gasteiger partial charge in [0.1, 0.15) is 12.4 Å². The molecule has 0 fully saturated rings. The maximum absolute atomic E-state index is 5.93. The minimum atomic E-state index is 0.549. The van der Waals surface area contributed by atoms with E-state index in [4.69, 9.17) is 10.5 Å². The molecule has 0 amide bonds. The maximum atomic E-state index is 5.93. The van der Waals surface area contributed by atoms with Crippen LogP contribution in [0.25, 0.3) is 0 Å². The molecule has 0 heterocycles. The van der Waals surface area contributed by atoms with Crippen molar-refractivity contribution in [2.24, 2.45) is 0 Å². The Balaban J connectivity index is 2.12. The lowest BCUT2D eigenvalue weighted by molar-refractivity contribution is 0.307. The first-order chi connectivity index (χ1) is 8.16. The molecule has 0 unspecified atom stereocenters. The van der Waals surface area contributed by atoms with Gasteiger partial charge in [-0.05, 0) is 42.7 Å². The number of nitrogen functional groups attached to an aromatic ring is 1. The molecule has 0 saturated carbocycles. The largest absolute Gasteiger partial charge is 0.487 e. The van der Waals surface area contributed by atoms with Gasteiger partial charge in [-0.25, -0.2) is 0 Å². The lowest BCUT2D eigenvalue weighted by Crippen LogP contribution is -2.00. The normalized spacial score (nSPS) is 10.2. The molecule has 2 aromatic rings. The summed E-state index contributed by atoms with van der Waals surface area (Å²) in [5.74, 6) is 0.761. The van der Waals surface area contributed by atoms with Crippen molar-refractivity contribution in [3.8, 4) is 5.75 Å².